The second-order valence-corrected chi connectivity index (χ2v) is 5.48. The molecule has 1 N–H and O–H groups in total. The molecular weight excluding hydrogens is 236 g/mol. The Labute approximate surface area is 114 Å². The number of aryl methyl sites for hydroxylation is 2. The fourth-order valence-corrected chi connectivity index (χ4v) is 2.82. The van der Waals surface area contributed by atoms with Crippen LogP contribution in [0.2, 0.25) is 0 Å². The molecule has 19 heavy (non-hydrogen) atoms. The molecule has 0 radical (unpaired) electrons. The molecule has 2 aromatic rings. The summed E-state index contributed by atoms with van der Waals surface area (Å²) in [4.78, 5) is 15.3. The van der Waals surface area contributed by atoms with Crippen molar-refractivity contribution in [3.8, 4) is 0 Å². The van der Waals surface area contributed by atoms with Gasteiger partial charge in [0.25, 0.3) is 0 Å². The molecule has 1 aromatic heterocycles. The van der Waals surface area contributed by atoms with Gasteiger partial charge in [-0.05, 0) is 49.9 Å². The minimum absolute atomic E-state index is 0.0342. The quantitative estimate of drug-likeness (QED) is 0.864. The molecular formula is C16H24N2O. The lowest BCUT2D eigenvalue weighted by atomic mass is 10.1. The van der Waals surface area contributed by atoms with E-state index < -0.39 is 0 Å². The molecule has 104 valence electrons. The number of hydrogen-bond acceptors (Lipinski definition) is 1. The van der Waals surface area contributed by atoms with Crippen LogP contribution in [0.5, 0.6) is 0 Å². The molecule has 0 saturated carbocycles. The Balaban J connectivity index is 2.60. The number of fused-ring (bicyclic) bond motifs is 1. The lowest BCUT2D eigenvalue weighted by molar-refractivity contribution is 0.427. The van der Waals surface area contributed by atoms with Gasteiger partial charge >= 0.3 is 5.69 Å². The predicted molar refractivity (Wildman–Crippen MR) is 80.9 cm³/mol. The molecule has 0 saturated heterocycles. The van der Waals surface area contributed by atoms with Gasteiger partial charge in [-0.2, -0.15) is 0 Å². The first-order chi connectivity index (χ1) is 9.08. The Morgan fingerprint density at radius 1 is 1.11 bits per heavy atom. The van der Waals surface area contributed by atoms with E-state index in [-0.39, 0.29) is 5.69 Å². The highest BCUT2D eigenvalue weighted by Gasteiger charge is 2.16. The monoisotopic (exact) mass is 260 g/mol. The maximum Gasteiger partial charge on any atom is 0.326 e. The topological polar surface area (TPSA) is 37.8 Å². The third-order valence-corrected chi connectivity index (χ3v) is 3.94. The molecule has 2 rings (SSSR count). The largest absolute Gasteiger partial charge is 0.326 e. The van der Waals surface area contributed by atoms with Gasteiger partial charge in [0, 0.05) is 6.04 Å². The first kappa shape index (κ1) is 13.9. The van der Waals surface area contributed by atoms with E-state index in [4.69, 9.17) is 0 Å². The number of aromatic nitrogens is 2. The minimum Gasteiger partial charge on any atom is -0.306 e. The molecule has 1 heterocycles. The maximum atomic E-state index is 12.3. The van der Waals surface area contributed by atoms with Gasteiger partial charge in [-0.3, -0.25) is 4.57 Å². The summed E-state index contributed by atoms with van der Waals surface area (Å²) in [6, 6.07) is 4.54. The van der Waals surface area contributed by atoms with Crippen LogP contribution in [0.4, 0.5) is 0 Å². The van der Waals surface area contributed by atoms with Crippen molar-refractivity contribution >= 4 is 11.0 Å². The zero-order valence-electron chi connectivity index (χ0n) is 12.4. The lowest BCUT2D eigenvalue weighted by Crippen LogP contribution is -2.22. The van der Waals surface area contributed by atoms with Gasteiger partial charge < -0.3 is 4.98 Å². The highest BCUT2D eigenvalue weighted by Crippen LogP contribution is 2.24. The average Bonchev–Trinajstić information content (AvgIpc) is 2.65. The van der Waals surface area contributed by atoms with Gasteiger partial charge in [-0.1, -0.05) is 26.7 Å². The molecule has 0 fully saturated rings. The number of nitrogens with zero attached hydrogens (tertiary/aromatic N) is 1. The van der Waals surface area contributed by atoms with E-state index in [1.54, 1.807) is 0 Å². The minimum atomic E-state index is 0.0342. The molecule has 0 aliphatic carbocycles. The highest BCUT2D eigenvalue weighted by molar-refractivity contribution is 5.77. The van der Waals surface area contributed by atoms with Crippen LogP contribution in [0.25, 0.3) is 11.0 Å². The molecule has 0 aliphatic rings. The predicted octanol–water partition coefficient (Wildman–Crippen LogP) is 4.09. The van der Waals surface area contributed by atoms with Gasteiger partial charge in [0.1, 0.15) is 0 Å². The molecule has 0 aliphatic heterocycles. The summed E-state index contributed by atoms with van der Waals surface area (Å²) < 4.78 is 1.97. The maximum absolute atomic E-state index is 12.3. The second-order valence-electron chi connectivity index (χ2n) is 5.48. The van der Waals surface area contributed by atoms with Crippen LogP contribution < -0.4 is 5.69 Å². The fourth-order valence-electron chi connectivity index (χ4n) is 2.82. The Kier molecular flexibility index (Phi) is 4.13. The van der Waals surface area contributed by atoms with Crippen molar-refractivity contribution in [1.82, 2.24) is 9.55 Å². The standard InChI is InChI=1S/C16H24N2O/c1-5-7-13(8-6-2)18-15-10-12(4)11(3)9-14(15)17-16(18)19/h9-10,13H,5-8H2,1-4H3,(H,17,19). The van der Waals surface area contributed by atoms with Gasteiger partial charge in [0.2, 0.25) is 0 Å². The van der Waals surface area contributed by atoms with Crippen molar-refractivity contribution in [2.45, 2.75) is 59.4 Å². The van der Waals surface area contributed by atoms with Crippen LogP contribution in [-0.4, -0.2) is 9.55 Å². The summed E-state index contributed by atoms with van der Waals surface area (Å²) >= 11 is 0. The fraction of sp³-hybridized carbons (Fsp3) is 0.562. The van der Waals surface area contributed by atoms with E-state index in [1.807, 2.05) is 4.57 Å². The van der Waals surface area contributed by atoms with Crippen molar-refractivity contribution in [3.63, 3.8) is 0 Å². The molecule has 0 amide bonds. The molecule has 0 bridgehead atoms. The number of nitrogens with one attached hydrogen (secondary N) is 1. The zero-order valence-corrected chi connectivity index (χ0v) is 12.4. The highest BCUT2D eigenvalue weighted by atomic mass is 16.1. The van der Waals surface area contributed by atoms with Gasteiger partial charge in [0.15, 0.2) is 0 Å². The summed E-state index contributed by atoms with van der Waals surface area (Å²) in [5.41, 5.74) is 4.52. The molecule has 3 heteroatoms. The van der Waals surface area contributed by atoms with Crippen LogP contribution >= 0.6 is 0 Å². The summed E-state index contributed by atoms with van der Waals surface area (Å²) in [6.45, 7) is 8.54. The van der Waals surface area contributed by atoms with E-state index in [1.165, 1.54) is 11.1 Å². The van der Waals surface area contributed by atoms with E-state index in [0.717, 1.165) is 36.7 Å². The van der Waals surface area contributed by atoms with Crippen molar-refractivity contribution in [2.24, 2.45) is 0 Å². The van der Waals surface area contributed by atoms with Crippen molar-refractivity contribution in [3.05, 3.63) is 33.7 Å². The first-order valence-electron chi connectivity index (χ1n) is 7.29. The third kappa shape index (κ3) is 2.60. The van der Waals surface area contributed by atoms with Gasteiger partial charge in [-0.25, -0.2) is 4.79 Å². The van der Waals surface area contributed by atoms with Crippen LogP contribution in [0.15, 0.2) is 16.9 Å². The first-order valence-corrected chi connectivity index (χ1v) is 7.29. The van der Waals surface area contributed by atoms with Crippen LogP contribution in [0.1, 0.15) is 56.7 Å². The second kappa shape index (κ2) is 5.64. The van der Waals surface area contributed by atoms with Crippen LogP contribution in [0.3, 0.4) is 0 Å². The normalized spacial score (nSPS) is 11.6. The van der Waals surface area contributed by atoms with Crippen molar-refractivity contribution < 1.29 is 0 Å². The number of imidazole rings is 1. The Morgan fingerprint density at radius 2 is 1.68 bits per heavy atom. The summed E-state index contributed by atoms with van der Waals surface area (Å²) in [5.74, 6) is 0. The summed E-state index contributed by atoms with van der Waals surface area (Å²) in [6.07, 6.45) is 4.34. The zero-order chi connectivity index (χ0) is 14.0. The summed E-state index contributed by atoms with van der Waals surface area (Å²) in [7, 11) is 0. The van der Waals surface area contributed by atoms with Crippen molar-refractivity contribution in [2.75, 3.05) is 0 Å². The SMILES string of the molecule is CCCC(CCC)n1c(=O)[nH]c2cc(C)c(C)cc21. The number of aromatic amines is 1. The van der Waals surface area contributed by atoms with E-state index in [2.05, 4.69) is 44.8 Å². The number of hydrogen-bond donors (Lipinski definition) is 1. The third-order valence-electron chi connectivity index (χ3n) is 3.94. The van der Waals surface area contributed by atoms with Gasteiger partial charge in [-0.15, -0.1) is 0 Å². The molecule has 3 nitrogen and oxygen atoms in total. The Bertz CT molecular complexity index is 615. The van der Waals surface area contributed by atoms with Crippen LogP contribution in [-0.2, 0) is 0 Å². The molecule has 0 atom stereocenters. The van der Waals surface area contributed by atoms with E-state index in [9.17, 15) is 4.79 Å². The molecule has 0 unspecified atom stereocenters. The number of benzene rings is 1. The Hall–Kier alpha value is -1.51. The number of rotatable bonds is 5. The average molecular weight is 260 g/mol. The lowest BCUT2D eigenvalue weighted by Gasteiger charge is -2.17. The van der Waals surface area contributed by atoms with E-state index >= 15 is 0 Å². The smallest absolute Gasteiger partial charge is 0.306 e. The number of H-pyrrole nitrogens is 1. The molecule has 0 spiro atoms. The van der Waals surface area contributed by atoms with Gasteiger partial charge in [0.05, 0.1) is 11.0 Å². The Morgan fingerprint density at radius 3 is 2.26 bits per heavy atom. The van der Waals surface area contributed by atoms with Crippen molar-refractivity contribution in [1.29, 1.82) is 0 Å². The summed E-state index contributed by atoms with van der Waals surface area (Å²) in [5, 5.41) is 0. The molecule has 1 aromatic carbocycles. The van der Waals surface area contributed by atoms with Crippen LogP contribution in [0, 0.1) is 13.8 Å². The van der Waals surface area contributed by atoms with E-state index in [0.29, 0.717) is 6.04 Å².